The molecule has 0 saturated heterocycles. The molecule has 200 valence electrons. The van der Waals surface area contributed by atoms with Crippen LogP contribution in [0.4, 0.5) is 0 Å². The first-order valence-corrected chi connectivity index (χ1v) is 13.2. The minimum atomic E-state index is -4.67. The number of carbonyl (C=O) groups excluding carboxylic acids is 1. The molecule has 0 radical (unpaired) electrons. The molecule has 0 aliphatic carbocycles. The van der Waals surface area contributed by atoms with Crippen LogP contribution in [0.15, 0.2) is 24.3 Å². The highest BCUT2D eigenvalue weighted by Gasteiger charge is 2.31. The number of benzene rings is 1. The van der Waals surface area contributed by atoms with Gasteiger partial charge in [-0.1, -0.05) is 44.7 Å². The van der Waals surface area contributed by atoms with E-state index in [4.69, 9.17) is 20.3 Å². The van der Waals surface area contributed by atoms with Crippen molar-refractivity contribution in [2.24, 2.45) is 5.73 Å². The van der Waals surface area contributed by atoms with Crippen LogP contribution in [0, 0.1) is 0 Å². The summed E-state index contributed by atoms with van der Waals surface area (Å²) in [5.74, 6) is -1.23. The third kappa shape index (κ3) is 14.2. The number of aliphatic hydroxyl groups is 1. The molecule has 0 heterocycles. The molecule has 0 aromatic heterocycles. The van der Waals surface area contributed by atoms with E-state index in [1.807, 2.05) is 24.3 Å². The summed E-state index contributed by atoms with van der Waals surface area (Å²) in [5.41, 5.74) is 6.20. The quantitative estimate of drug-likeness (QED) is 0.120. The predicted octanol–water partition coefficient (Wildman–Crippen LogP) is 2.81. The zero-order chi connectivity index (χ0) is 26.3. The van der Waals surface area contributed by atoms with E-state index >= 15 is 0 Å². The van der Waals surface area contributed by atoms with Crippen LogP contribution in [-0.4, -0.2) is 65.1 Å². The van der Waals surface area contributed by atoms with Crippen molar-refractivity contribution in [3.63, 3.8) is 0 Å². The van der Waals surface area contributed by atoms with Gasteiger partial charge in [-0.25, -0.2) is 4.57 Å². The first kappa shape index (κ1) is 31.0. The second kappa shape index (κ2) is 16.6. The van der Waals surface area contributed by atoms with Gasteiger partial charge in [-0.2, -0.15) is 0 Å². The number of esters is 1. The van der Waals surface area contributed by atoms with E-state index in [2.05, 4.69) is 16.0 Å². The van der Waals surface area contributed by atoms with E-state index in [0.717, 1.165) is 24.2 Å². The number of carboxylic acids is 1. The first-order chi connectivity index (χ1) is 16.5. The summed E-state index contributed by atoms with van der Waals surface area (Å²) in [6.07, 6.45) is 3.55. The van der Waals surface area contributed by atoms with E-state index in [1.54, 1.807) is 0 Å². The van der Waals surface area contributed by atoms with Gasteiger partial charge >= 0.3 is 19.8 Å². The molecule has 1 rings (SSSR count). The highest BCUT2D eigenvalue weighted by Crippen LogP contribution is 2.44. The number of hydrogen-bond acceptors (Lipinski definition) is 9. The van der Waals surface area contributed by atoms with Gasteiger partial charge in [0, 0.05) is 6.42 Å². The van der Waals surface area contributed by atoms with Crippen molar-refractivity contribution in [1.29, 1.82) is 0 Å². The van der Waals surface area contributed by atoms with E-state index < -0.39 is 51.2 Å². The van der Waals surface area contributed by atoms with Crippen LogP contribution in [0.2, 0.25) is 0 Å². The maximum Gasteiger partial charge on any atom is 0.472 e. The molecule has 1 unspecified atom stereocenters. The molecule has 0 aliphatic heterocycles. The number of phosphoric acid groups is 1. The van der Waals surface area contributed by atoms with Crippen LogP contribution < -0.4 is 10.5 Å². The van der Waals surface area contributed by atoms with Crippen LogP contribution in [-0.2, 0) is 34.4 Å². The van der Waals surface area contributed by atoms with Crippen LogP contribution in [0.1, 0.15) is 57.9 Å². The van der Waals surface area contributed by atoms with E-state index in [9.17, 15) is 24.2 Å². The fourth-order valence-electron chi connectivity index (χ4n) is 2.93. The molecule has 0 spiro atoms. The number of nitrogens with two attached hydrogens (primary N) is 1. The minimum Gasteiger partial charge on any atom is -0.494 e. The SMILES string of the molecule is CCCCCCCOc1cccc(CCC(=O)OC[C@@H](O)COP(=O)(O)O[C@@H](C)[C@H](N)C(=O)O)c1. The Morgan fingerprint density at radius 3 is 2.54 bits per heavy atom. The molecule has 0 aliphatic rings. The topological polar surface area (TPSA) is 175 Å². The average Bonchev–Trinajstić information content (AvgIpc) is 2.81. The molecular formula is C23H38NO10P. The van der Waals surface area contributed by atoms with Crippen molar-refractivity contribution in [2.75, 3.05) is 19.8 Å². The molecular weight excluding hydrogens is 481 g/mol. The fraction of sp³-hybridized carbons (Fsp3) is 0.652. The predicted molar refractivity (Wildman–Crippen MR) is 128 cm³/mol. The van der Waals surface area contributed by atoms with Crippen molar-refractivity contribution < 1.29 is 47.8 Å². The number of hydrogen-bond donors (Lipinski definition) is 4. The molecule has 35 heavy (non-hydrogen) atoms. The zero-order valence-corrected chi connectivity index (χ0v) is 21.2. The number of ether oxygens (including phenoxy) is 2. The molecule has 5 N–H and O–H groups in total. The summed E-state index contributed by atoms with van der Waals surface area (Å²) in [5, 5.41) is 18.6. The molecule has 4 atom stereocenters. The number of rotatable bonds is 19. The standard InChI is InChI=1S/C23H38NO10P/c1-3-4-5-6-7-13-31-20-10-8-9-18(14-20)11-12-21(26)32-15-19(25)16-33-35(29,30)34-17(2)22(24)23(27)28/h8-10,14,17,19,22,25H,3-7,11-13,15-16,24H2,1-2H3,(H,27,28)(H,29,30)/t17-,19+,22-/m0/s1. The van der Waals surface area contributed by atoms with E-state index in [0.29, 0.717) is 13.0 Å². The van der Waals surface area contributed by atoms with Crippen molar-refractivity contribution in [2.45, 2.75) is 77.0 Å². The largest absolute Gasteiger partial charge is 0.494 e. The van der Waals surface area contributed by atoms with Crippen molar-refractivity contribution in [3.05, 3.63) is 29.8 Å². The molecule has 1 aromatic carbocycles. The maximum absolute atomic E-state index is 12.0. The van der Waals surface area contributed by atoms with Gasteiger partial charge in [-0.3, -0.25) is 18.6 Å². The molecule has 11 nitrogen and oxygen atoms in total. The normalized spacial score (nSPS) is 15.6. The van der Waals surface area contributed by atoms with Gasteiger partial charge < -0.3 is 30.3 Å². The third-order valence-corrected chi connectivity index (χ3v) is 6.06. The lowest BCUT2D eigenvalue weighted by Gasteiger charge is -2.21. The monoisotopic (exact) mass is 519 g/mol. The van der Waals surface area contributed by atoms with Crippen molar-refractivity contribution in [1.82, 2.24) is 0 Å². The Hall–Kier alpha value is -2.01. The second-order valence-electron chi connectivity index (χ2n) is 8.19. The lowest BCUT2D eigenvalue weighted by molar-refractivity contribution is -0.147. The van der Waals surface area contributed by atoms with Gasteiger partial charge in [0.15, 0.2) is 0 Å². The van der Waals surface area contributed by atoms with Gasteiger partial charge in [0.1, 0.15) is 24.5 Å². The van der Waals surface area contributed by atoms with E-state index in [-0.39, 0.29) is 6.42 Å². The second-order valence-corrected chi connectivity index (χ2v) is 9.59. The van der Waals surface area contributed by atoms with Crippen LogP contribution in [0.3, 0.4) is 0 Å². The summed E-state index contributed by atoms with van der Waals surface area (Å²) < 4.78 is 31.8. The molecule has 0 amide bonds. The molecule has 12 heteroatoms. The first-order valence-electron chi connectivity index (χ1n) is 11.7. The van der Waals surface area contributed by atoms with Crippen molar-refractivity contribution in [3.8, 4) is 5.75 Å². The number of carbonyl (C=O) groups is 2. The highest BCUT2D eigenvalue weighted by atomic mass is 31.2. The molecule has 1 aromatic rings. The number of aliphatic hydroxyl groups excluding tert-OH is 1. The lowest BCUT2D eigenvalue weighted by Crippen LogP contribution is -2.41. The third-order valence-electron chi connectivity index (χ3n) is 4.99. The van der Waals surface area contributed by atoms with Gasteiger partial charge in [-0.05, 0) is 37.5 Å². The van der Waals surface area contributed by atoms with Gasteiger partial charge in [0.2, 0.25) is 0 Å². The molecule has 0 saturated carbocycles. The number of carboxylic acid groups (broad SMARTS) is 1. The van der Waals surface area contributed by atoms with Crippen LogP contribution in [0.25, 0.3) is 0 Å². The molecule has 0 bridgehead atoms. The number of phosphoric ester groups is 1. The Morgan fingerprint density at radius 1 is 1.14 bits per heavy atom. The fourth-order valence-corrected chi connectivity index (χ4v) is 3.90. The van der Waals surface area contributed by atoms with Crippen LogP contribution in [0.5, 0.6) is 5.75 Å². The minimum absolute atomic E-state index is 0.0697. The lowest BCUT2D eigenvalue weighted by atomic mass is 10.1. The zero-order valence-electron chi connectivity index (χ0n) is 20.3. The smallest absolute Gasteiger partial charge is 0.472 e. The van der Waals surface area contributed by atoms with Crippen LogP contribution >= 0.6 is 7.82 Å². The van der Waals surface area contributed by atoms with Gasteiger partial charge in [0.25, 0.3) is 0 Å². The number of aliphatic carboxylic acids is 1. The van der Waals surface area contributed by atoms with Gasteiger partial charge in [0.05, 0.1) is 19.3 Å². The Bertz CT molecular complexity index is 821. The Morgan fingerprint density at radius 2 is 1.86 bits per heavy atom. The summed E-state index contributed by atoms with van der Waals surface area (Å²) in [7, 11) is -4.67. The summed E-state index contributed by atoms with van der Waals surface area (Å²) in [6.45, 7) is 2.88. The molecule has 0 fully saturated rings. The maximum atomic E-state index is 12.0. The summed E-state index contributed by atoms with van der Waals surface area (Å²) >= 11 is 0. The number of unbranched alkanes of at least 4 members (excludes halogenated alkanes) is 4. The highest BCUT2D eigenvalue weighted by molar-refractivity contribution is 7.47. The number of aryl methyl sites for hydroxylation is 1. The van der Waals surface area contributed by atoms with Crippen molar-refractivity contribution >= 4 is 19.8 Å². The summed E-state index contributed by atoms with van der Waals surface area (Å²) in [6, 6.07) is 5.93. The Kier molecular flexibility index (Phi) is 14.7. The Balaban J connectivity index is 2.30. The Labute approximate surface area is 206 Å². The van der Waals surface area contributed by atoms with E-state index in [1.165, 1.54) is 26.2 Å². The summed E-state index contributed by atoms with van der Waals surface area (Å²) in [4.78, 5) is 32.4. The average molecular weight is 520 g/mol. The van der Waals surface area contributed by atoms with Gasteiger partial charge in [-0.15, -0.1) is 0 Å².